The summed E-state index contributed by atoms with van der Waals surface area (Å²) in [4.78, 5) is 43.4. The molecule has 156 valence electrons. The first kappa shape index (κ1) is 20.1. The Morgan fingerprint density at radius 3 is 2.17 bits per heavy atom. The van der Waals surface area contributed by atoms with E-state index in [1.54, 1.807) is 14.7 Å². The van der Waals surface area contributed by atoms with Crippen molar-refractivity contribution in [2.45, 2.75) is 19.8 Å². The monoisotopic (exact) mass is 405 g/mol. The van der Waals surface area contributed by atoms with Gasteiger partial charge in [0.15, 0.2) is 0 Å². The molecule has 2 saturated heterocycles. The van der Waals surface area contributed by atoms with E-state index in [0.717, 1.165) is 12.1 Å². The number of anilines is 1. The van der Waals surface area contributed by atoms with E-state index in [4.69, 9.17) is 0 Å². The molecule has 30 heavy (non-hydrogen) atoms. The number of aryl methyl sites for hydroxylation is 1. The molecule has 2 fully saturated rings. The molecule has 0 bridgehead atoms. The Balaban J connectivity index is 1.34. The van der Waals surface area contributed by atoms with Crippen molar-refractivity contribution in [1.29, 1.82) is 0 Å². The second-order valence-corrected chi connectivity index (χ2v) is 7.91. The molecule has 0 aromatic heterocycles. The normalized spacial score (nSPS) is 19.3. The van der Waals surface area contributed by atoms with Crippen LogP contribution in [0.25, 0.3) is 0 Å². The van der Waals surface area contributed by atoms with Crippen molar-refractivity contribution in [2.75, 3.05) is 37.6 Å². The van der Waals surface area contributed by atoms with Gasteiger partial charge in [-0.2, -0.15) is 0 Å². The highest BCUT2D eigenvalue weighted by atomic mass is 16.2. The summed E-state index contributed by atoms with van der Waals surface area (Å²) in [5.74, 6) is -0.307. The molecule has 2 aliphatic rings. The maximum Gasteiger partial charge on any atom is 0.253 e. The second kappa shape index (κ2) is 8.69. The lowest BCUT2D eigenvalue weighted by Crippen LogP contribution is -2.52. The van der Waals surface area contributed by atoms with E-state index < -0.39 is 0 Å². The van der Waals surface area contributed by atoms with Gasteiger partial charge in [-0.3, -0.25) is 14.4 Å². The predicted molar refractivity (Wildman–Crippen MR) is 115 cm³/mol. The predicted octanol–water partition coefficient (Wildman–Crippen LogP) is 2.59. The van der Waals surface area contributed by atoms with Crippen LogP contribution < -0.4 is 4.90 Å². The van der Waals surface area contributed by atoms with Gasteiger partial charge in [-0.15, -0.1) is 0 Å². The van der Waals surface area contributed by atoms with Gasteiger partial charge in [-0.05, 0) is 36.2 Å². The Morgan fingerprint density at radius 1 is 0.900 bits per heavy atom. The highest BCUT2D eigenvalue weighted by Crippen LogP contribution is 2.27. The van der Waals surface area contributed by atoms with Gasteiger partial charge in [-0.25, -0.2) is 0 Å². The van der Waals surface area contributed by atoms with E-state index in [2.05, 4.69) is 6.92 Å². The van der Waals surface area contributed by atoms with E-state index in [-0.39, 0.29) is 30.1 Å². The van der Waals surface area contributed by atoms with Gasteiger partial charge in [0, 0.05) is 50.4 Å². The SMILES string of the molecule is CCc1ccc(N2C[C@@H](C(=O)N3CCN(C(=O)c4ccccc4)CC3)CC2=O)cc1. The molecule has 4 rings (SSSR count). The van der Waals surface area contributed by atoms with E-state index in [0.29, 0.717) is 38.3 Å². The lowest BCUT2D eigenvalue weighted by atomic mass is 10.1. The molecule has 2 heterocycles. The number of piperazine rings is 1. The fraction of sp³-hybridized carbons (Fsp3) is 0.375. The molecule has 0 spiro atoms. The molecule has 2 aliphatic heterocycles. The number of benzene rings is 2. The smallest absolute Gasteiger partial charge is 0.253 e. The van der Waals surface area contributed by atoms with Crippen molar-refractivity contribution in [3.63, 3.8) is 0 Å². The van der Waals surface area contributed by atoms with Gasteiger partial charge in [0.2, 0.25) is 11.8 Å². The zero-order valence-corrected chi connectivity index (χ0v) is 17.3. The summed E-state index contributed by atoms with van der Waals surface area (Å²) < 4.78 is 0. The molecule has 0 aliphatic carbocycles. The minimum absolute atomic E-state index is 0.000412. The minimum atomic E-state index is -0.320. The zero-order chi connectivity index (χ0) is 21.1. The largest absolute Gasteiger partial charge is 0.339 e. The second-order valence-electron chi connectivity index (χ2n) is 7.91. The van der Waals surface area contributed by atoms with Gasteiger partial charge in [0.05, 0.1) is 5.92 Å². The third-order valence-corrected chi connectivity index (χ3v) is 6.03. The van der Waals surface area contributed by atoms with E-state index in [1.807, 2.05) is 54.6 Å². The van der Waals surface area contributed by atoms with Gasteiger partial charge in [0.1, 0.15) is 0 Å². The summed E-state index contributed by atoms with van der Waals surface area (Å²) in [5.41, 5.74) is 2.75. The summed E-state index contributed by atoms with van der Waals surface area (Å²) in [7, 11) is 0. The molecule has 0 saturated carbocycles. The number of rotatable bonds is 4. The Hall–Kier alpha value is -3.15. The number of carbonyl (C=O) groups excluding carboxylic acids is 3. The van der Waals surface area contributed by atoms with Crippen molar-refractivity contribution in [3.05, 3.63) is 65.7 Å². The molecule has 0 radical (unpaired) electrons. The Labute approximate surface area is 177 Å². The Morgan fingerprint density at radius 2 is 1.53 bits per heavy atom. The van der Waals surface area contributed by atoms with Crippen LogP contribution in [0.5, 0.6) is 0 Å². The molecule has 0 N–H and O–H groups in total. The van der Waals surface area contributed by atoms with Crippen LogP contribution in [0.4, 0.5) is 5.69 Å². The summed E-state index contributed by atoms with van der Waals surface area (Å²) >= 11 is 0. The number of carbonyl (C=O) groups is 3. The first-order valence-electron chi connectivity index (χ1n) is 10.6. The summed E-state index contributed by atoms with van der Waals surface area (Å²) in [5, 5.41) is 0. The highest BCUT2D eigenvalue weighted by molar-refractivity contribution is 6.00. The molecule has 2 aromatic rings. The molecular weight excluding hydrogens is 378 g/mol. The van der Waals surface area contributed by atoms with Crippen LogP contribution in [0.3, 0.4) is 0 Å². The highest BCUT2D eigenvalue weighted by Gasteiger charge is 2.38. The van der Waals surface area contributed by atoms with Crippen molar-refractivity contribution in [1.82, 2.24) is 9.80 Å². The molecule has 6 nitrogen and oxygen atoms in total. The van der Waals surface area contributed by atoms with Crippen LogP contribution >= 0.6 is 0 Å². The molecule has 1 atom stereocenters. The van der Waals surface area contributed by atoms with Crippen molar-refractivity contribution in [3.8, 4) is 0 Å². The standard InChI is InChI=1S/C24H27N3O3/c1-2-18-8-10-21(11-9-18)27-17-20(16-22(27)28)24(30)26-14-12-25(13-15-26)23(29)19-6-4-3-5-7-19/h3-11,20H,2,12-17H2,1H3/t20-/m0/s1. The molecule has 3 amide bonds. The van der Waals surface area contributed by atoms with Crippen LogP contribution in [0, 0.1) is 5.92 Å². The molecular formula is C24H27N3O3. The van der Waals surface area contributed by atoms with Crippen molar-refractivity contribution >= 4 is 23.4 Å². The average molecular weight is 405 g/mol. The Kier molecular flexibility index (Phi) is 5.84. The van der Waals surface area contributed by atoms with Crippen molar-refractivity contribution in [2.24, 2.45) is 5.92 Å². The Bertz CT molecular complexity index is 918. The lowest BCUT2D eigenvalue weighted by Gasteiger charge is -2.36. The van der Waals surface area contributed by atoms with Gasteiger partial charge < -0.3 is 14.7 Å². The van der Waals surface area contributed by atoms with Crippen LogP contribution in [-0.2, 0) is 16.0 Å². The summed E-state index contributed by atoms with van der Waals surface area (Å²) in [6.07, 6.45) is 1.20. The van der Waals surface area contributed by atoms with E-state index in [1.165, 1.54) is 5.56 Å². The fourth-order valence-electron chi connectivity index (χ4n) is 4.19. The third-order valence-electron chi connectivity index (χ3n) is 6.03. The molecule has 2 aromatic carbocycles. The van der Waals surface area contributed by atoms with E-state index >= 15 is 0 Å². The summed E-state index contributed by atoms with van der Waals surface area (Å²) in [6, 6.07) is 17.2. The van der Waals surface area contributed by atoms with Crippen molar-refractivity contribution < 1.29 is 14.4 Å². The zero-order valence-electron chi connectivity index (χ0n) is 17.3. The number of nitrogens with zero attached hydrogens (tertiary/aromatic N) is 3. The van der Waals surface area contributed by atoms with Crippen LogP contribution in [0.2, 0.25) is 0 Å². The maximum absolute atomic E-state index is 13.0. The molecule has 6 heteroatoms. The quantitative estimate of drug-likeness (QED) is 0.786. The number of hydrogen-bond acceptors (Lipinski definition) is 3. The topological polar surface area (TPSA) is 60.9 Å². The van der Waals surface area contributed by atoms with Gasteiger partial charge in [0.25, 0.3) is 5.91 Å². The first-order valence-corrected chi connectivity index (χ1v) is 10.6. The van der Waals surface area contributed by atoms with Gasteiger partial charge >= 0.3 is 0 Å². The fourth-order valence-corrected chi connectivity index (χ4v) is 4.19. The van der Waals surface area contributed by atoms with Crippen LogP contribution in [0.1, 0.15) is 29.3 Å². The maximum atomic E-state index is 13.0. The lowest BCUT2D eigenvalue weighted by molar-refractivity contribution is -0.137. The average Bonchev–Trinajstić information content (AvgIpc) is 3.20. The number of amides is 3. The van der Waals surface area contributed by atoms with E-state index in [9.17, 15) is 14.4 Å². The summed E-state index contributed by atoms with van der Waals surface area (Å²) in [6.45, 7) is 4.56. The number of hydrogen-bond donors (Lipinski definition) is 0. The van der Waals surface area contributed by atoms with Crippen LogP contribution in [0.15, 0.2) is 54.6 Å². The van der Waals surface area contributed by atoms with Gasteiger partial charge in [-0.1, -0.05) is 37.3 Å². The van der Waals surface area contributed by atoms with Crippen LogP contribution in [-0.4, -0.2) is 60.2 Å². The molecule has 0 unspecified atom stereocenters. The minimum Gasteiger partial charge on any atom is -0.339 e. The first-order chi connectivity index (χ1) is 14.6. The third kappa shape index (κ3) is 4.08.